The van der Waals surface area contributed by atoms with Gasteiger partial charge in [-0.15, -0.1) is 0 Å². The Balaban J connectivity index is 2.12. The first-order chi connectivity index (χ1) is 11.0. The van der Waals surface area contributed by atoms with Crippen molar-refractivity contribution in [3.05, 3.63) is 70.5 Å². The normalized spacial score (nSPS) is 10.4. The van der Waals surface area contributed by atoms with Crippen LogP contribution in [0.2, 0.25) is 0 Å². The van der Waals surface area contributed by atoms with E-state index in [1.54, 1.807) is 12.1 Å². The Hall–Kier alpha value is -3.41. The molecule has 0 atom stereocenters. The van der Waals surface area contributed by atoms with E-state index in [4.69, 9.17) is 11.5 Å². The highest BCUT2D eigenvalue weighted by Gasteiger charge is 2.09. The summed E-state index contributed by atoms with van der Waals surface area (Å²) in [4.78, 5) is 30.4. The summed E-state index contributed by atoms with van der Waals surface area (Å²) in [6.07, 6.45) is 0. The number of guanidine groups is 1. The molecule has 114 valence electrons. The summed E-state index contributed by atoms with van der Waals surface area (Å²) < 4.78 is 0. The van der Waals surface area contributed by atoms with E-state index in [9.17, 15) is 9.59 Å². The third kappa shape index (κ3) is 2.96. The number of carbonyl (C=O) groups is 1. The summed E-state index contributed by atoms with van der Waals surface area (Å²) >= 11 is 0. The van der Waals surface area contributed by atoms with Crippen molar-refractivity contribution in [2.75, 3.05) is 0 Å². The Morgan fingerprint density at radius 3 is 2.43 bits per heavy atom. The van der Waals surface area contributed by atoms with Crippen LogP contribution in [0.25, 0.3) is 22.0 Å². The fourth-order valence-corrected chi connectivity index (χ4v) is 2.35. The highest BCUT2D eigenvalue weighted by Crippen LogP contribution is 2.20. The van der Waals surface area contributed by atoms with Crippen LogP contribution in [0, 0.1) is 0 Å². The number of aromatic amines is 1. The van der Waals surface area contributed by atoms with Crippen LogP contribution in [0.1, 0.15) is 10.4 Å². The molecule has 0 unspecified atom stereocenters. The van der Waals surface area contributed by atoms with Crippen molar-refractivity contribution in [3.8, 4) is 11.3 Å². The molecule has 0 spiro atoms. The van der Waals surface area contributed by atoms with Crippen molar-refractivity contribution in [3.63, 3.8) is 0 Å². The molecule has 1 aromatic heterocycles. The van der Waals surface area contributed by atoms with Gasteiger partial charge in [-0.3, -0.25) is 9.59 Å². The minimum atomic E-state index is -0.585. The second-order valence-corrected chi connectivity index (χ2v) is 5.02. The second-order valence-electron chi connectivity index (χ2n) is 5.02. The van der Waals surface area contributed by atoms with Crippen molar-refractivity contribution in [1.29, 1.82) is 0 Å². The van der Waals surface area contributed by atoms with Crippen LogP contribution in [-0.2, 0) is 0 Å². The Morgan fingerprint density at radius 1 is 1.00 bits per heavy atom. The molecule has 0 aliphatic carbocycles. The van der Waals surface area contributed by atoms with Gasteiger partial charge in [0.05, 0.1) is 0 Å². The van der Waals surface area contributed by atoms with Crippen molar-refractivity contribution in [2.45, 2.75) is 0 Å². The summed E-state index contributed by atoms with van der Waals surface area (Å²) in [5, 5.41) is 1.13. The first kappa shape index (κ1) is 14.5. The lowest BCUT2D eigenvalue weighted by Crippen LogP contribution is -2.24. The first-order valence-electron chi connectivity index (χ1n) is 6.91. The minimum Gasteiger partial charge on any atom is -0.370 e. The van der Waals surface area contributed by atoms with Gasteiger partial charge in [0.2, 0.25) is 0 Å². The largest absolute Gasteiger partial charge is 0.370 e. The number of nitrogens with zero attached hydrogens (tertiary/aromatic N) is 1. The molecule has 6 heteroatoms. The molecule has 0 bridgehead atoms. The molecule has 0 radical (unpaired) electrons. The van der Waals surface area contributed by atoms with E-state index in [1.807, 2.05) is 36.4 Å². The Morgan fingerprint density at radius 2 is 1.74 bits per heavy atom. The number of pyridine rings is 1. The minimum absolute atomic E-state index is 0.254. The molecule has 6 nitrogen and oxygen atoms in total. The molecular formula is C17H14N4O2. The van der Waals surface area contributed by atoms with Gasteiger partial charge in [-0.2, -0.15) is 4.99 Å². The monoisotopic (exact) mass is 306 g/mol. The van der Waals surface area contributed by atoms with E-state index in [1.165, 1.54) is 6.07 Å². The van der Waals surface area contributed by atoms with Gasteiger partial charge in [-0.25, -0.2) is 0 Å². The van der Waals surface area contributed by atoms with Crippen LogP contribution in [-0.4, -0.2) is 16.9 Å². The highest BCUT2D eigenvalue weighted by atomic mass is 16.1. The van der Waals surface area contributed by atoms with Gasteiger partial charge in [0.25, 0.3) is 11.5 Å². The highest BCUT2D eigenvalue weighted by molar-refractivity contribution is 6.04. The van der Waals surface area contributed by atoms with E-state index in [2.05, 4.69) is 9.98 Å². The number of nitrogens with one attached hydrogen (secondary N) is 1. The number of fused-ring (bicyclic) bond motifs is 1. The molecule has 3 rings (SSSR count). The number of hydrogen-bond acceptors (Lipinski definition) is 2. The fraction of sp³-hybridized carbons (Fsp3) is 0. The van der Waals surface area contributed by atoms with Gasteiger partial charge >= 0.3 is 0 Å². The molecule has 5 N–H and O–H groups in total. The maximum atomic E-state index is 12.3. The number of rotatable bonds is 2. The summed E-state index contributed by atoms with van der Waals surface area (Å²) in [6, 6.07) is 16.2. The van der Waals surface area contributed by atoms with Crippen LogP contribution < -0.4 is 17.0 Å². The number of H-pyrrole nitrogens is 1. The van der Waals surface area contributed by atoms with E-state index in [-0.39, 0.29) is 17.1 Å². The average Bonchev–Trinajstić information content (AvgIpc) is 2.54. The lowest BCUT2D eigenvalue weighted by molar-refractivity contribution is 0.100. The summed E-state index contributed by atoms with van der Waals surface area (Å²) in [5.41, 5.74) is 12.0. The first-order valence-corrected chi connectivity index (χ1v) is 6.91. The van der Waals surface area contributed by atoms with Crippen molar-refractivity contribution >= 4 is 22.6 Å². The van der Waals surface area contributed by atoms with Gasteiger partial charge in [-0.1, -0.05) is 36.4 Å². The fourth-order valence-electron chi connectivity index (χ4n) is 2.35. The molecule has 3 aromatic rings. The van der Waals surface area contributed by atoms with Crippen LogP contribution in [0.4, 0.5) is 0 Å². The molecule has 0 saturated carbocycles. The average molecular weight is 306 g/mol. The SMILES string of the molecule is NC(N)=NC(=O)c1ccc2cc(-c3ccccc3)[nH]c(=O)c2c1. The van der Waals surface area contributed by atoms with Gasteiger partial charge in [0, 0.05) is 16.6 Å². The Kier molecular flexibility index (Phi) is 3.64. The van der Waals surface area contributed by atoms with Gasteiger partial charge in [0.1, 0.15) is 0 Å². The topological polar surface area (TPSA) is 114 Å². The van der Waals surface area contributed by atoms with Crippen molar-refractivity contribution in [1.82, 2.24) is 4.98 Å². The van der Waals surface area contributed by atoms with E-state index >= 15 is 0 Å². The molecule has 1 amide bonds. The second kappa shape index (κ2) is 5.76. The zero-order valence-corrected chi connectivity index (χ0v) is 12.1. The quantitative estimate of drug-likeness (QED) is 0.493. The predicted molar refractivity (Wildman–Crippen MR) is 90.1 cm³/mol. The van der Waals surface area contributed by atoms with Crippen molar-refractivity contribution < 1.29 is 4.79 Å². The lowest BCUT2D eigenvalue weighted by Gasteiger charge is -2.05. The molecule has 0 saturated heterocycles. The van der Waals surface area contributed by atoms with Crippen LogP contribution >= 0.6 is 0 Å². The van der Waals surface area contributed by atoms with E-state index in [0.29, 0.717) is 11.1 Å². The number of aromatic nitrogens is 1. The molecule has 2 aromatic carbocycles. The van der Waals surface area contributed by atoms with E-state index < -0.39 is 5.91 Å². The third-order valence-corrected chi connectivity index (χ3v) is 3.41. The molecule has 0 fully saturated rings. The zero-order chi connectivity index (χ0) is 16.4. The smallest absolute Gasteiger partial charge is 0.280 e. The standard InChI is InChI=1S/C17H14N4O2/c18-17(19)21-15(22)12-7-6-11-9-14(10-4-2-1-3-5-10)20-16(23)13(11)8-12/h1-9H,(H,20,23)(H4,18,19,21,22). The van der Waals surface area contributed by atoms with Crippen LogP contribution in [0.15, 0.2) is 64.4 Å². The Bertz CT molecular complexity index is 971. The van der Waals surface area contributed by atoms with Crippen molar-refractivity contribution in [2.24, 2.45) is 16.5 Å². The van der Waals surface area contributed by atoms with Crippen LogP contribution in [0.3, 0.4) is 0 Å². The van der Waals surface area contributed by atoms with E-state index in [0.717, 1.165) is 10.9 Å². The predicted octanol–water partition coefficient (Wildman–Crippen LogP) is 1.61. The number of benzene rings is 2. The maximum absolute atomic E-state index is 12.3. The van der Waals surface area contributed by atoms with Gasteiger partial charge in [0.15, 0.2) is 5.96 Å². The number of amides is 1. The number of nitrogens with two attached hydrogens (primary N) is 2. The number of carbonyl (C=O) groups excluding carboxylic acids is 1. The molecule has 0 aliphatic rings. The van der Waals surface area contributed by atoms with Gasteiger partial charge < -0.3 is 16.5 Å². The number of aliphatic imine (C=N–C) groups is 1. The summed E-state index contributed by atoms with van der Waals surface area (Å²) in [7, 11) is 0. The summed E-state index contributed by atoms with van der Waals surface area (Å²) in [6.45, 7) is 0. The molecule has 0 aliphatic heterocycles. The summed E-state index contributed by atoms with van der Waals surface area (Å²) in [5.74, 6) is -0.901. The maximum Gasteiger partial charge on any atom is 0.280 e. The lowest BCUT2D eigenvalue weighted by atomic mass is 10.0. The number of hydrogen-bond donors (Lipinski definition) is 3. The zero-order valence-electron chi connectivity index (χ0n) is 12.1. The van der Waals surface area contributed by atoms with Gasteiger partial charge in [-0.05, 0) is 29.1 Å². The molecule has 23 heavy (non-hydrogen) atoms. The Labute approximate surface area is 131 Å². The third-order valence-electron chi connectivity index (χ3n) is 3.41. The molecule has 1 heterocycles. The molecular weight excluding hydrogens is 292 g/mol. The van der Waals surface area contributed by atoms with Crippen LogP contribution in [0.5, 0.6) is 0 Å².